The second-order valence-corrected chi connectivity index (χ2v) is 5.36. The lowest BCUT2D eigenvalue weighted by Gasteiger charge is -2.44. The van der Waals surface area contributed by atoms with Gasteiger partial charge in [-0.1, -0.05) is 0 Å². The summed E-state index contributed by atoms with van der Waals surface area (Å²) in [7, 11) is 0. The minimum absolute atomic E-state index is 0.331. The van der Waals surface area contributed by atoms with Gasteiger partial charge in [-0.2, -0.15) is 0 Å². The smallest absolute Gasteiger partial charge is 0.0443 e. The molecule has 88 valence electrons. The number of nitrogens with zero attached hydrogens (tertiary/aromatic N) is 2. The predicted molar refractivity (Wildman–Crippen MR) is 61.9 cm³/mol. The molecule has 0 aromatic rings. The van der Waals surface area contributed by atoms with Crippen LogP contribution in [0.15, 0.2) is 0 Å². The largest absolute Gasteiger partial charge is 0.396 e. The fraction of sp³-hybridized carbons (Fsp3) is 1.00. The summed E-state index contributed by atoms with van der Waals surface area (Å²) in [5.41, 5.74) is 0.516. The summed E-state index contributed by atoms with van der Waals surface area (Å²) in [4.78, 5) is 5.21. The highest BCUT2D eigenvalue weighted by Gasteiger charge is 2.51. The predicted octanol–water partition coefficient (Wildman–Crippen LogP) is 0.927. The summed E-state index contributed by atoms with van der Waals surface area (Å²) < 4.78 is 0. The highest BCUT2D eigenvalue weighted by molar-refractivity contribution is 5.09. The number of hydrogen-bond acceptors (Lipinski definition) is 3. The van der Waals surface area contributed by atoms with Crippen molar-refractivity contribution in [1.82, 2.24) is 9.80 Å². The molecule has 3 heteroatoms. The zero-order valence-electron chi connectivity index (χ0n) is 10.1. The Kier molecular flexibility index (Phi) is 3.33. The fourth-order valence-electron chi connectivity index (χ4n) is 2.95. The first-order valence-electron chi connectivity index (χ1n) is 6.28. The van der Waals surface area contributed by atoms with Gasteiger partial charge in [-0.05, 0) is 33.1 Å². The van der Waals surface area contributed by atoms with E-state index in [1.165, 1.54) is 32.5 Å². The Morgan fingerprint density at radius 1 is 1.27 bits per heavy atom. The van der Waals surface area contributed by atoms with E-state index in [0.717, 1.165) is 13.0 Å². The van der Waals surface area contributed by atoms with Gasteiger partial charge in [0.05, 0.1) is 0 Å². The SMILES string of the molecule is CC(C)N1CCN(CCCO)CC12CC2. The average Bonchev–Trinajstić information content (AvgIpc) is 2.94. The first-order chi connectivity index (χ1) is 7.18. The maximum atomic E-state index is 8.85. The van der Waals surface area contributed by atoms with Crippen molar-refractivity contribution in [2.24, 2.45) is 0 Å². The maximum Gasteiger partial charge on any atom is 0.0443 e. The van der Waals surface area contributed by atoms with Crippen molar-refractivity contribution in [3.63, 3.8) is 0 Å². The van der Waals surface area contributed by atoms with Crippen LogP contribution in [0.3, 0.4) is 0 Å². The number of aliphatic hydroxyl groups is 1. The van der Waals surface area contributed by atoms with Crippen LogP contribution in [-0.4, -0.2) is 59.3 Å². The molecule has 1 heterocycles. The molecule has 1 aliphatic carbocycles. The van der Waals surface area contributed by atoms with E-state index < -0.39 is 0 Å². The van der Waals surface area contributed by atoms with Crippen molar-refractivity contribution in [3.8, 4) is 0 Å². The van der Waals surface area contributed by atoms with E-state index in [0.29, 0.717) is 18.2 Å². The van der Waals surface area contributed by atoms with Crippen molar-refractivity contribution >= 4 is 0 Å². The molecule has 1 aliphatic heterocycles. The van der Waals surface area contributed by atoms with Crippen LogP contribution in [0.5, 0.6) is 0 Å². The third-order valence-corrected chi connectivity index (χ3v) is 3.87. The van der Waals surface area contributed by atoms with Gasteiger partial charge in [0.1, 0.15) is 0 Å². The quantitative estimate of drug-likeness (QED) is 0.751. The summed E-state index contributed by atoms with van der Waals surface area (Å²) in [6.07, 6.45) is 3.68. The summed E-state index contributed by atoms with van der Waals surface area (Å²) >= 11 is 0. The number of aliphatic hydroxyl groups excluding tert-OH is 1. The summed E-state index contributed by atoms with van der Waals surface area (Å²) in [6.45, 7) is 9.64. The zero-order chi connectivity index (χ0) is 10.9. The minimum Gasteiger partial charge on any atom is -0.396 e. The maximum absolute atomic E-state index is 8.85. The Balaban J connectivity index is 1.88. The van der Waals surface area contributed by atoms with Crippen molar-refractivity contribution in [2.45, 2.75) is 44.7 Å². The monoisotopic (exact) mass is 212 g/mol. The van der Waals surface area contributed by atoms with Gasteiger partial charge in [0.25, 0.3) is 0 Å². The van der Waals surface area contributed by atoms with E-state index in [9.17, 15) is 0 Å². The summed E-state index contributed by atoms with van der Waals surface area (Å²) in [5, 5.41) is 8.85. The summed E-state index contributed by atoms with van der Waals surface area (Å²) in [5.74, 6) is 0. The van der Waals surface area contributed by atoms with Crippen molar-refractivity contribution < 1.29 is 5.11 Å². The number of hydrogen-bond donors (Lipinski definition) is 1. The van der Waals surface area contributed by atoms with Gasteiger partial charge in [0.15, 0.2) is 0 Å². The van der Waals surface area contributed by atoms with Crippen molar-refractivity contribution in [3.05, 3.63) is 0 Å². The van der Waals surface area contributed by atoms with Gasteiger partial charge in [-0.3, -0.25) is 4.90 Å². The third kappa shape index (κ3) is 2.35. The molecule has 0 unspecified atom stereocenters. The Bertz CT molecular complexity index is 214. The van der Waals surface area contributed by atoms with E-state index in [2.05, 4.69) is 23.6 Å². The molecule has 3 nitrogen and oxygen atoms in total. The Hall–Kier alpha value is -0.120. The lowest BCUT2D eigenvalue weighted by Crippen LogP contribution is -2.57. The first-order valence-corrected chi connectivity index (χ1v) is 6.28. The Morgan fingerprint density at radius 3 is 2.53 bits per heavy atom. The summed E-state index contributed by atoms with van der Waals surface area (Å²) in [6, 6.07) is 0.687. The molecule has 0 radical (unpaired) electrons. The first kappa shape index (κ1) is 11.4. The molecule has 0 amide bonds. The molecule has 0 aromatic heterocycles. The molecule has 1 N–H and O–H groups in total. The molecule has 0 atom stereocenters. The van der Waals surface area contributed by atoms with Crippen LogP contribution in [-0.2, 0) is 0 Å². The van der Waals surface area contributed by atoms with Crippen LogP contribution >= 0.6 is 0 Å². The van der Waals surface area contributed by atoms with Gasteiger partial charge in [0, 0.05) is 44.4 Å². The van der Waals surface area contributed by atoms with Crippen LogP contribution in [0.25, 0.3) is 0 Å². The van der Waals surface area contributed by atoms with E-state index in [1.54, 1.807) is 0 Å². The molecule has 15 heavy (non-hydrogen) atoms. The Morgan fingerprint density at radius 2 is 2.00 bits per heavy atom. The van der Waals surface area contributed by atoms with Gasteiger partial charge in [-0.25, -0.2) is 0 Å². The Labute approximate surface area is 93.1 Å². The highest BCUT2D eigenvalue weighted by atomic mass is 16.3. The van der Waals surface area contributed by atoms with Gasteiger partial charge in [0.2, 0.25) is 0 Å². The average molecular weight is 212 g/mol. The van der Waals surface area contributed by atoms with E-state index in [1.807, 2.05) is 0 Å². The molecular weight excluding hydrogens is 188 g/mol. The van der Waals surface area contributed by atoms with Crippen molar-refractivity contribution in [1.29, 1.82) is 0 Å². The van der Waals surface area contributed by atoms with Crippen LogP contribution in [0.4, 0.5) is 0 Å². The second kappa shape index (κ2) is 4.40. The molecule has 0 aromatic carbocycles. The molecule has 0 bridgehead atoms. The zero-order valence-corrected chi connectivity index (χ0v) is 10.1. The van der Waals surface area contributed by atoms with Crippen LogP contribution in [0, 0.1) is 0 Å². The molecular formula is C12H24N2O. The van der Waals surface area contributed by atoms with E-state index in [4.69, 9.17) is 5.11 Å². The van der Waals surface area contributed by atoms with Crippen LogP contribution < -0.4 is 0 Å². The lowest BCUT2D eigenvalue weighted by atomic mass is 10.1. The number of piperazine rings is 1. The normalized spacial score (nSPS) is 26.4. The molecule has 2 rings (SSSR count). The molecule has 1 spiro atoms. The molecule has 2 fully saturated rings. The third-order valence-electron chi connectivity index (χ3n) is 3.87. The highest BCUT2D eigenvalue weighted by Crippen LogP contribution is 2.45. The van der Waals surface area contributed by atoms with E-state index in [-0.39, 0.29) is 0 Å². The number of rotatable bonds is 4. The standard InChI is InChI=1S/C12H24N2O/c1-11(2)14-8-7-13(6-3-9-15)10-12(14)4-5-12/h11,15H,3-10H2,1-2H3. The molecule has 1 saturated carbocycles. The van der Waals surface area contributed by atoms with Crippen LogP contribution in [0.1, 0.15) is 33.1 Å². The second-order valence-electron chi connectivity index (χ2n) is 5.36. The van der Waals surface area contributed by atoms with Crippen LogP contribution in [0.2, 0.25) is 0 Å². The minimum atomic E-state index is 0.331. The fourth-order valence-corrected chi connectivity index (χ4v) is 2.95. The van der Waals surface area contributed by atoms with Gasteiger partial charge < -0.3 is 10.0 Å². The molecule has 2 aliphatic rings. The van der Waals surface area contributed by atoms with E-state index >= 15 is 0 Å². The van der Waals surface area contributed by atoms with Gasteiger partial charge >= 0.3 is 0 Å². The lowest BCUT2D eigenvalue weighted by molar-refractivity contribution is 0.0338. The van der Waals surface area contributed by atoms with Gasteiger partial charge in [-0.15, -0.1) is 0 Å². The topological polar surface area (TPSA) is 26.7 Å². The molecule has 1 saturated heterocycles. The van der Waals surface area contributed by atoms with Crippen molar-refractivity contribution in [2.75, 3.05) is 32.8 Å².